The van der Waals surface area contributed by atoms with Gasteiger partial charge in [-0.15, -0.1) is 0 Å². The lowest BCUT2D eigenvalue weighted by atomic mass is 9.85. The molecule has 0 unspecified atom stereocenters. The summed E-state index contributed by atoms with van der Waals surface area (Å²) in [5.41, 5.74) is 1.62. The summed E-state index contributed by atoms with van der Waals surface area (Å²) in [7, 11) is 0. The lowest BCUT2D eigenvalue weighted by molar-refractivity contribution is -0.122. The number of ketones is 1. The fourth-order valence-electron chi connectivity index (χ4n) is 2.30. The predicted octanol–water partition coefficient (Wildman–Crippen LogP) is 4.12. The number of hydrogen-bond acceptors (Lipinski definition) is 2. The van der Waals surface area contributed by atoms with Crippen LogP contribution >= 0.6 is 0 Å². The molecule has 0 heterocycles. The fourth-order valence-corrected chi connectivity index (χ4v) is 2.30. The molecule has 0 aromatic heterocycles. The molecule has 124 valence electrons. The molecule has 0 saturated heterocycles. The van der Waals surface area contributed by atoms with E-state index in [-0.39, 0.29) is 18.2 Å². The normalized spacial score (nSPS) is 11.9. The number of Topliss-reactive ketones (excluding diaryl/α,β-unsaturated/α-hetero) is 1. The van der Waals surface area contributed by atoms with E-state index in [0.717, 1.165) is 5.56 Å². The second kappa shape index (κ2) is 7.73. The number of nitrogens with one attached hydrogen (secondary N) is 1. The van der Waals surface area contributed by atoms with Crippen LogP contribution in [0.25, 0.3) is 6.08 Å². The van der Waals surface area contributed by atoms with Gasteiger partial charge in [0, 0.05) is 23.1 Å². The number of rotatable bonds is 5. The third-order valence-corrected chi connectivity index (χ3v) is 3.59. The van der Waals surface area contributed by atoms with Gasteiger partial charge in [-0.1, -0.05) is 69.3 Å². The molecule has 1 amide bonds. The van der Waals surface area contributed by atoms with Crippen LogP contribution < -0.4 is 5.32 Å². The molecule has 0 aliphatic heterocycles. The minimum Gasteiger partial charge on any atom is -0.348 e. The zero-order chi connectivity index (χ0) is 17.6. The Hall–Kier alpha value is -2.68. The standard InChI is InChI=1S/C21H23NO2/c1-21(2,3)19(23)18(14-16-10-6-4-7-11-16)15-22-20(24)17-12-8-5-9-13-17/h4-14H,15H2,1-3H3,(H,22,24). The van der Waals surface area contributed by atoms with Crippen LogP contribution in [0.15, 0.2) is 66.2 Å². The van der Waals surface area contributed by atoms with Crippen LogP contribution in [0.5, 0.6) is 0 Å². The van der Waals surface area contributed by atoms with Crippen LogP contribution in [0.2, 0.25) is 0 Å². The summed E-state index contributed by atoms with van der Waals surface area (Å²) in [6.07, 6.45) is 1.85. The first-order chi connectivity index (χ1) is 11.4. The van der Waals surface area contributed by atoms with E-state index in [4.69, 9.17) is 0 Å². The van der Waals surface area contributed by atoms with E-state index in [1.165, 1.54) is 0 Å². The van der Waals surface area contributed by atoms with E-state index in [1.807, 2.05) is 75.4 Å². The molecule has 0 aliphatic rings. The SMILES string of the molecule is CC(C)(C)C(=O)C(=Cc1ccccc1)CNC(=O)c1ccccc1. The Kier molecular flexibility index (Phi) is 5.69. The maximum absolute atomic E-state index is 12.7. The summed E-state index contributed by atoms with van der Waals surface area (Å²) < 4.78 is 0. The zero-order valence-electron chi connectivity index (χ0n) is 14.4. The highest BCUT2D eigenvalue weighted by Crippen LogP contribution is 2.21. The van der Waals surface area contributed by atoms with Gasteiger partial charge in [0.25, 0.3) is 5.91 Å². The topological polar surface area (TPSA) is 46.2 Å². The quantitative estimate of drug-likeness (QED) is 0.842. The molecular weight excluding hydrogens is 298 g/mol. The zero-order valence-corrected chi connectivity index (χ0v) is 14.4. The highest BCUT2D eigenvalue weighted by Gasteiger charge is 2.25. The van der Waals surface area contributed by atoms with Gasteiger partial charge < -0.3 is 5.32 Å². The first kappa shape index (κ1) is 17.7. The number of benzene rings is 2. The molecule has 24 heavy (non-hydrogen) atoms. The van der Waals surface area contributed by atoms with Crippen molar-refractivity contribution < 1.29 is 9.59 Å². The molecule has 0 aliphatic carbocycles. The van der Waals surface area contributed by atoms with Gasteiger partial charge >= 0.3 is 0 Å². The predicted molar refractivity (Wildman–Crippen MR) is 97.7 cm³/mol. The van der Waals surface area contributed by atoms with Crippen LogP contribution in [0.4, 0.5) is 0 Å². The second-order valence-corrected chi connectivity index (χ2v) is 6.71. The molecule has 0 radical (unpaired) electrons. The van der Waals surface area contributed by atoms with Crippen molar-refractivity contribution in [3.63, 3.8) is 0 Å². The Morgan fingerprint density at radius 2 is 1.46 bits per heavy atom. The van der Waals surface area contributed by atoms with Crippen molar-refractivity contribution >= 4 is 17.8 Å². The Bertz CT molecular complexity index is 725. The lowest BCUT2D eigenvalue weighted by Crippen LogP contribution is -2.31. The second-order valence-electron chi connectivity index (χ2n) is 6.71. The van der Waals surface area contributed by atoms with Crippen LogP contribution in [-0.4, -0.2) is 18.2 Å². The van der Waals surface area contributed by atoms with Crippen molar-refractivity contribution in [2.24, 2.45) is 5.41 Å². The molecule has 2 aromatic rings. The van der Waals surface area contributed by atoms with Crippen molar-refractivity contribution in [1.29, 1.82) is 0 Å². The van der Waals surface area contributed by atoms with Gasteiger partial charge in [-0.3, -0.25) is 9.59 Å². The molecule has 0 bridgehead atoms. The highest BCUT2D eigenvalue weighted by atomic mass is 16.2. The number of amides is 1. The van der Waals surface area contributed by atoms with Gasteiger partial charge in [0.2, 0.25) is 0 Å². The van der Waals surface area contributed by atoms with E-state index in [1.54, 1.807) is 12.1 Å². The minimum absolute atomic E-state index is 0.0275. The third-order valence-electron chi connectivity index (χ3n) is 3.59. The summed E-state index contributed by atoms with van der Waals surface area (Å²) in [5.74, 6) is -0.156. The van der Waals surface area contributed by atoms with E-state index < -0.39 is 5.41 Å². The van der Waals surface area contributed by atoms with Crippen LogP contribution in [0.1, 0.15) is 36.7 Å². The first-order valence-corrected chi connectivity index (χ1v) is 8.01. The minimum atomic E-state index is -0.502. The van der Waals surface area contributed by atoms with E-state index in [2.05, 4.69) is 5.32 Å². The average molecular weight is 321 g/mol. The van der Waals surface area contributed by atoms with Crippen molar-refractivity contribution in [2.45, 2.75) is 20.8 Å². The van der Waals surface area contributed by atoms with Gasteiger partial charge in [-0.25, -0.2) is 0 Å². The Morgan fingerprint density at radius 1 is 0.917 bits per heavy atom. The number of carbonyl (C=O) groups is 2. The first-order valence-electron chi connectivity index (χ1n) is 8.01. The third kappa shape index (κ3) is 4.92. The maximum Gasteiger partial charge on any atom is 0.251 e. The fraction of sp³-hybridized carbons (Fsp3) is 0.238. The average Bonchev–Trinajstić information content (AvgIpc) is 2.58. The lowest BCUT2D eigenvalue weighted by Gasteiger charge is -2.19. The summed E-state index contributed by atoms with van der Waals surface area (Å²) in [6.45, 7) is 5.85. The summed E-state index contributed by atoms with van der Waals surface area (Å²) in [4.78, 5) is 24.9. The van der Waals surface area contributed by atoms with Crippen LogP contribution in [-0.2, 0) is 4.79 Å². The Balaban J connectivity index is 2.19. The Morgan fingerprint density at radius 3 is 2.00 bits per heavy atom. The molecule has 0 saturated carbocycles. The monoisotopic (exact) mass is 321 g/mol. The summed E-state index contributed by atoms with van der Waals surface area (Å²) >= 11 is 0. The van der Waals surface area contributed by atoms with Crippen molar-refractivity contribution in [2.75, 3.05) is 6.54 Å². The molecule has 3 nitrogen and oxygen atoms in total. The molecule has 2 aromatic carbocycles. The molecule has 3 heteroatoms. The van der Waals surface area contributed by atoms with Crippen molar-refractivity contribution in [1.82, 2.24) is 5.32 Å². The largest absolute Gasteiger partial charge is 0.348 e. The van der Waals surface area contributed by atoms with Gasteiger partial charge in [0.1, 0.15) is 0 Å². The Labute approximate surface area is 143 Å². The van der Waals surface area contributed by atoms with Gasteiger partial charge in [0.05, 0.1) is 0 Å². The summed E-state index contributed by atoms with van der Waals surface area (Å²) in [6, 6.07) is 18.7. The van der Waals surface area contributed by atoms with E-state index in [0.29, 0.717) is 11.1 Å². The maximum atomic E-state index is 12.7. The van der Waals surface area contributed by atoms with E-state index >= 15 is 0 Å². The molecular formula is C21H23NO2. The van der Waals surface area contributed by atoms with Crippen molar-refractivity contribution in [3.05, 3.63) is 77.4 Å². The van der Waals surface area contributed by atoms with E-state index in [9.17, 15) is 9.59 Å². The smallest absolute Gasteiger partial charge is 0.251 e. The van der Waals surface area contributed by atoms with Gasteiger partial charge in [-0.05, 0) is 23.8 Å². The molecule has 0 spiro atoms. The number of carbonyl (C=O) groups excluding carboxylic acids is 2. The molecule has 1 N–H and O–H groups in total. The van der Waals surface area contributed by atoms with Crippen molar-refractivity contribution in [3.8, 4) is 0 Å². The molecule has 0 fully saturated rings. The molecule has 0 atom stereocenters. The number of hydrogen-bond donors (Lipinski definition) is 1. The molecule has 2 rings (SSSR count). The van der Waals surface area contributed by atoms with Gasteiger partial charge in [-0.2, -0.15) is 0 Å². The van der Waals surface area contributed by atoms with Gasteiger partial charge in [0.15, 0.2) is 5.78 Å². The van der Waals surface area contributed by atoms with Crippen LogP contribution in [0.3, 0.4) is 0 Å². The summed E-state index contributed by atoms with van der Waals surface area (Å²) in [5, 5.41) is 2.84. The van der Waals surface area contributed by atoms with Crippen LogP contribution in [0, 0.1) is 5.41 Å². The highest BCUT2D eigenvalue weighted by molar-refractivity contribution is 6.04.